The number of aromatic amines is 1. The van der Waals surface area contributed by atoms with Crippen molar-refractivity contribution in [3.63, 3.8) is 0 Å². The molecule has 0 aliphatic heterocycles. The molecule has 1 aromatic carbocycles. The van der Waals surface area contributed by atoms with Crippen LogP contribution in [0.1, 0.15) is 30.3 Å². The highest BCUT2D eigenvalue weighted by Crippen LogP contribution is 2.22. The zero-order valence-electron chi connectivity index (χ0n) is 17.2. The van der Waals surface area contributed by atoms with E-state index < -0.39 is 5.91 Å². The third-order valence-corrected chi connectivity index (χ3v) is 4.82. The van der Waals surface area contributed by atoms with Gasteiger partial charge in [0.15, 0.2) is 0 Å². The maximum Gasteiger partial charge on any atom is 0.266 e. The minimum atomic E-state index is -0.482. The smallest absolute Gasteiger partial charge is 0.266 e. The highest BCUT2D eigenvalue weighted by atomic mass is 16.1. The van der Waals surface area contributed by atoms with Gasteiger partial charge in [0.2, 0.25) is 0 Å². The van der Waals surface area contributed by atoms with Crippen LogP contribution in [0.3, 0.4) is 0 Å². The molecule has 0 aliphatic carbocycles. The van der Waals surface area contributed by atoms with Crippen molar-refractivity contribution in [3.8, 4) is 17.3 Å². The Morgan fingerprint density at radius 1 is 1.27 bits per heavy atom. The molecule has 0 aliphatic rings. The monoisotopic (exact) mass is 401 g/mol. The molecule has 152 valence electrons. The molecule has 2 heterocycles. The molecule has 0 unspecified atom stereocenters. The number of nitrogens with zero attached hydrogens (tertiary/aromatic N) is 3. The quantitative estimate of drug-likeness (QED) is 0.484. The summed E-state index contributed by atoms with van der Waals surface area (Å²) in [5.41, 5.74) is 4.56. The van der Waals surface area contributed by atoms with Crippen LogP contribution >= 0.6 is 0 Å². The topological polar surface area (TPSA) is 104 Å². The average molecular weight is 401 g/mol. The van der Waals surface area contributed by atoms with Gasteiger partial charge in [-0.3, -0.25) is 9.59 Å². The van der Waals surface area contributed by atoms with Gasteiger partial charge < -0.3 is 9.88 Å². The summed E-state index contributed by atoms with van der Waals surface area (Å²) < 4.78 is 2.18. The number of hydrogen-bond acceptors (Lipinski definition) is 4. The Morgan fingerprint density at radius 2 is 2.07 bits per heavy atom. The summed E-state index contributed by atoms with van der Waals surface area (Å²) in [5, 5.41) is 18.7. The van der Waals surface area contributed by atoms with E-state index in [9.17, 15) is 14.9 Å². The third-order valence-electron chi connectivity index (χ3n) is 4.82. The summed E-state index contributed by atoms with van der Waals surface area (Å²) in [7, 11) is 0. The fraction of sp³-hybridized carbons (Fsp3) is 0.217. The van der Waals surface area contributed by atoms with Crippen molar-refractivity contribution in [2.24, 2.45) is 0 Å². The van der Waals surface area contributed by atoms with E-state index in [4.69, 9.17) is 0 Å². The lowest BCUT2D eigenvalue weighted by Crippen LogP contribution is -2.13. The van der Waals surface area contributed by atoms with Gasteiger partial charge in [0.1, 0.15) is 11.6 Å². The number of nitrogens with one attached hydrogen (secondary N) is 2. The number of aromatic nitrogens is 3. The minimum absolute atomic E-state index is 0.0271. The van der Waals surface area contributed by atoms with Gasteiger partial charge >= 0.3 is 0 Å². The fourth-order valence-electron chi connectivity index (χ4n) is 3.31. The number of benzene rings is 1. The number of carbonyl (C=O) groups is 1. The maximum atomic E-state index is 12.7. The molecule has 0 spiro atoms. The van der Waals surface area contributed by atoms with E-state index in [0.29, 0.717) is 11.4 Å². The van der Waals surface area contributed by atoms with E-state index in [0.717, 1.165) is 35.5 Å². The van der Waals surface area contributed by atoms with Crippen LogP contribution in [0, 0.1) is 25.2 Å². The second kappa shape index (κ2) is 9.05. The number of amides is 1. The van der Waals surface area contributed by atoms with E-state index in [1.165, 1.54) is 6.07 Å². The van der Waals surface area contributed by atoms with Crippen molar-refractivity contribution >= 4 is 17.7 Å². The summed E-state index contributed by atoms with van der Waals surface area (Å²) in [6, 6.07) is 14.0. The van der Waals surface area contributed by atoms with Crippen LogP contribution in [-0.4, -0.2) is 20.7 Å². The highest BCUT2D eigenvalue weighted by Gasteiger charge is 2.13. The van der Waals surface area contributed by atoms with Gasteiger partial charge in [-0.2, -0.15) is 10.4 Å². The molecule has 0 atom stereocenters. The zero-order valence-corrected chi connectivity index (χ0v) is 17.2. The molecule has 1 amide bonds. The number of H-pyrrole nitrogens is 1. The van der Waals surface area contributed by atoms with Gasteiger partial charge in [0.25, 0.3) is 11.5 Å². The first-order valence-electron chi connectivity index (χ1n) is 9.69. The first-order valence-corrected chi connectivity index (χ1v) is 9.69. The van der Waals surface area contributed by atoms with E-state index >= 15 is 0 Å². The second-order valence-electron chi connectivity index (χ2n) is 6.99. The summed E-state index contributed by atoms with van der Waals surface area (Å²) in [6.45, 7) is 7.01. The Balaban J connectivity index is 1.84. The van der Waals surface area contributed by atoms with E-state index in [1.807, 2.05) is 32.0 Å². The van der Waals surface area contributed by atoms with Crippen LogP contribution in [0.15, 0.2) is 52.8 Å². The minimum Gasteiger partial charge on any atom is -0.349 e. The van der Waals surface area contributed by atoms with Gasteiger partial charge in [0.05, 0.1) is 5.69 Å². The molecular weight excluding hydrogens is 378 g/mol. The molecule has 0 saturated heterocycles. The van der Waals surface area contributed by atoms with E-state index in [-0.39, 0.29) is 11.1 Å². The van der Waals surface area contributed by atoms with Crippen LogP contribution in [0.25, 0.3) is 17.3 Å². The normalized spacial score (nSPS) is 11.2. The lowest BCUT2D eigenvalue weighted by Gasteiger charge is -2.08. The molecule has 7 nitrogen and oxygen atoms in total. The Labute approximate surface area is 174 Å². The summed E-state index contributed by atoms with van der Waals surface area (Å²) in [6.07, 6.45) is 2.63. The second-order valence-corrected chi connectivity index (χ2v) is 6.99. The molecule has 3 aromatic rings. The number of carbonyl (C=O) groups excluding carboxylic acids is 1. The van der Waals surface area contributed by atoms with Gasteiger partial charge in [-0.1, -0.05) is 19.1 Å². The first kappa shape index (κ1) is 20.8. The predicted molar refractivity (Wildman–Crippen MR) is 117 cm³/mol. The van der Waals surface area contributed by atoms with E-state index in [2.05, 4.69) is 27.0 Å². The molecule has 0 saturated carbocycles. The van der Waals surface area contributed by atoms with Crippen molar-refractivity contribution in [1.82, 2.24) is 14.8 Å². The molecule has 2 aromatic heterocycles. The number of anilines is 1. The molecule has 0 radical (unpaired) electrons. The Morgan fingerprint density at radius 3 is 2.73 bits per heavy atom. The first-order chi connectivity index (χ1) is 14.4. The Hall–Kier alpha value is -3.92. The van der Waals surface area contributed by atoms with E-state index in [1.54, 1.807) is 30.3 Å². The van der Waals surface area contributed by atoms with Gasteiger partial charge in [-0.15, -0.1) is 0 Å². The van der Waals surface area contributed by atoms with Crippen LogP contribution in [0.4, 0.5) is 5.69 Å². The summed E-state index contributed by atoms with van der Waals surface area (Å²) in [5.74, 6) is -0.482. The van der Waals surface area contributed by atoms with Gasteiger partial charge in [-0.25, -0.2) is 5.10 Å². The molecular formula is C23H23N5O2. The van der Waals surface area contributed by atoms with Crippen molar-refractivity contribution in [2.45, 2.75) is 33.7 Å². The predicted octanol–water partition coefficient (Wildman–Crippen LogP) is 3.81. The molecule has 0 fully saturated rings. The Kier molecular flexibility index (Phi) is 6.28. The summed E-state index contributed by atoms with van der Waals surface area (Å²) in [4.78, 5) is 23.9. The van der Waals surface area contributed by atoms with Gasteiger partial charge in [-0.05, 0) is 56.2 Å². The highest BCUT2D eigenvalue weighted by molar-refractivity contribution is 6.09. The zero-order chi connectivity index (χ0) is 21.7. The molecule has 30 heavy (non-hydrogen) atoms. The fourth-order valence-corrected chi connectivity index (χ4v) is 3.31. The van der Waals surface area contributed by atoms with Crippen LogP contribution in [-0.2, 0) is 11.3 Å². The number of hydrogen-bond donors (Lipinski definition) is 2. The molecule has 0 bridgehead atoms. The van der Waals surface area contributed by atoms with Crippen LogP contribution < -0.4 is 10.9 Å². The van der Waals surface area contributed by atoms with Crippen molar-refractivity contribution in [2.75, 3.05) is 5.32 Å². The average Bonchev–Trinajstić information content (AvgIpc) is 3.00. The maximum absolute atomic E-state index is 12.7. The third kappa shape index (κ3) is 4.55. The molecule has 7 heteroatoms. The number of nitriles is 1. The van der Waals surface area contributed by atoms with Gasteiger partial charge in [0, 0.05) is 35.2 Å². The lowest BCUT2D eigenvalue weighted by atomic mass is 10.1. The largest absolute Gasteiger partial charge is 0.349 e. The van der Waals surface area contributed by atoms with Crippen molar-refractivity contribution < 1.29 is 4.79 Å². The Bertz CT molecular complexity index is 1190. The SMILES string of the molecule is CCCn1c(C)cc(/C=C(\C#N)C(=O)Nc2cccc(-c3ccc(=O)[nH]n3)c2)c1C. The molecule has 2 N–H and O–H groups in total. The number of aryl methyl sites for hydroxylation is 1. The number of rotatable bonds is 6. The lowest BCUT2D eigenvalue weighted by molar-refractivity contribution is -0.112. The van der Waals surface area contributed by atoms with Crippen molar-refractivity contribution in [3.05, 3.63) is 75.3 Å². The van der Waals surface area contributed by atoms with Crippen molar-refractivity contribution in [1.29, 1.82) is 5.26 Å². The standard InChI is InChI=1S/C23H23N5O2/c1-4-10-28-15(2)11-18(16(28)3)12-19(14-24)23(30)25-20-7-5-6-17(13-20)21-8-9-22(29)27-26-21/h5-9,11-13H,4,10H2,1-3H3,(H,25,30)(H,27,29)/b19-12+. The van der Waals surface area contributed by atoms with Crippen LogP contribution in [0.5, 0.6) is 0 Å². The van der Waals surface area contributed by atoms with Crippen LogP contribution in [0.2, 0.25) is 0 Å². The summed E-state index contributed by atoms with van der Waals surface area (Å²) >= 11 is 0. The molecule has 3 rings (SSSR count).